The van der Waals surface area contributed by atoms with Crippen LogP contribution in [0.25, 0.3) is 20.2 Å². The van der Waals surface area contributed by atoms with E-state index in [-0.39, 0.29) is 5.43 Å². The number of ether oxygens (including phenoxy) is 1. The Bertz CT molecular complexity index is 1010. The number of carbonyl (C=O) groups is 1. The van der Waals surface area contributed by atoms with Crippen molar-refractivity contribution < 1.29 is 9.53 Å². The number of primary amides is 1. The predicted octanol–water partition coefficient (Wildman–Crippen LogP) is 2.35. The van der Waals surface area contributed by atoms with E-state index in [1.54, 1.807) is 18.2 Å². The molecule has 122 valence electrons. The van der Waals surface area contributed by atoms with E-state index < -0.39 is 5.91 Å². The Kier molecular flexibility index (Phi) is 3.70. The van der Waals surface area contributed by atoms with Gasteiger partial charge in [-0.2, -0.15) is 0 Å². The maximum Gasteiger partial charge on any atom is 0.248 e. The average molecular weight is 340 g/mol. The molecule has 0 unspecified atom stereocenters. The molecule has 24 heavy (non-hydrogen) atoms. The van der Waals surface area contributed by atoms with Gasteiger partial charge >= 0.3 is 0 Å². The minimum atomic E-state index is -0.487. The van der Waals surface area contributed by atoms with Crippen LogP contribution in [0.4, 0.5) is 5.69 Å². The highest BCUT2D eigenvalue weighted by molar-refractivity contribution is 7.24. The highest BCUT2D eigenvalue weighted by Crippen LogP contribution is 2.28. The van der Waals surface area contributed by atoms with Crippen molar-refractivity contribution in [2.45, 2.75) is 0 Å². The molecular weight excluding hydrogens is 324 g/mol. The third kappa shape index (κ3) is 2.53. The summed E-state index contributed by atoms with van der Waals surface area (Å²) in [5.74, 6) is -0.487. The van der Waals surface area contributed by atoms with Gasteiger partial charge in [0, 0.05) is 44.5 Å². The first kappa shape index (κ1) is 15.1. The molecule has 1 amide bonds. The molecule has 1 fully saturated rings. The van der Waals surface area contributed by atoms with Gasteiger partial charge in [-0.3, -0.25) is 9.59 Å². The maximum absolute atomic E-state index is 12.9. The molecule has 2 heterocycles. The van der Waals surface area contributed by atoms with Crippen LogP contribution in [0.15, 0.2) is 41.2 Å². The molecule has 0 aliphatic carbocycles. The van der Waals surface area contributed by atoms with Crippen LogP contribution in [0.5, 0.6) is 0 Å². The molecule has 1 saturated heterocycles. The highest BCUT2D eigenvalue weighted by Gasteiger charge is 2.14. The van der Waals surface area contributed by atoms with Gasteiger partial charge in [-0.1, -0.05) is 0 Å². The van der Waals surface area contributed by atoms with Gasteiger partial charge in [0.15, 0.2) is 5.43 Å². The number of nitrogens with two attached hydrogens (primary N) is 1. The standard InChI is InChI=1S/C18H16N2O3S/c19-18(22)11-1-3-13-16(9-11)24-15-4-2-12(10-14(15)17(13)21)20-5-7-23-8-6-20/h1-4,9-10H,5-8H2,(H2,19,22). The molecule has 0 spiro atoms. The second kappa shape index (κ2) is 5.89. The maximum atomic E-state index is 12.9. The van der Waals surface area contributed by atoms with Crippen LogP contribution in [0.1, 0.15) is 10.4 Å². The smallest absolute Gasteiger partial charge is 0.248 e. The first-order valence-corrected chi connectivity index (χ1v) is 8.58. The van der Waals surface area contributed by atoms with Crippen molar-refractivity contribution in [1.82, 2.24) is 0 Å². The summed E-state index contributed by atoms with van der Waals surface area (Å²) < 4.78 is 7.07. The molecule has 0 bridgehead atoms. The normalized spacial score (nSPS) is 15.1. The number of benzene rings is 2. The van der Waals surface area contributed by atoms with Gasteiger partial charge in [0.1, 0.15) is 0 Å². The van der Waals surface area contributed by atoms with E-state index >= 15 is 0 Å². The quantitative estimate of drug-likeness (QED) is 0.727. The monoisotopic (exact) mass is 340 g/mol. The second-order valence-electron chi connectivity index (χ2n) is 5.79. The molecule has 4 rings (SSSR count). The van der Waals surface area contributed by atoms with Crippen LogP contribution in [-0.4, -0.2) is 32.2 Å². The number of hydrogen-bond acceptors (Lipinski definition) is 5. The van der Waals surface area contributed by atoms with Crippen molar-refractivity contribution >= 4 is 43.1 Å². The summed E-state index contributed by atoms with van der Waals surface area (Å²) in [6.45, 7) is 3.08. The fraction of sp³-hybridized carbons (Fsp3) is 0.222. The first-order valence-electron chi connectivity index (χ1n) is 7.76. The van der Waals surface area contributed by atoms with Gasteiger partial charge < -0.3 is 15.4 Å². The number of fused-ring (bicyclic) bond motifs is 2. The van der Waals surface area contributed by atoms with E-state index in [9.17, 15) is 9.59 Å². The van der Waals surface area contributed by atoms with Crippen molar-refractivity contribution in [3.63, 3.8) is 0 Å². The van der Waals surface area contributed by atoms with Gasteiger partial charge in [0.25, 0.3) is 0 Å². The summed E-state index contributed by atoms with van der Waals surface area (Å²) in [5, 5.41) is 1.33. The van der Waals surface area contributed by atoms with Crippen LogP contribution in [-0.2, 0) is 4.74 Å². The first-order chi connectivity index (χ1) is 11.6. The van der Waals surface area contributed by atoms with Crippen molar-refractivity contribution in [3.05, 3.63) is 52.2 Å². The van der Waals surface area contributed by atoms with Gasteiger partial charge in [-0.15, -0.1) is 11.3 Å². The molecule has 2 N–H and O–H groups in total. The van der Waals surface area contributed by atoms with Gasteiger partial charge in [0.2, 0.25) is 5.91 Å². The number of hydrogen-bond donors (Lipinski definition) is 1. The molecule has 0 atom stereocenters. The van der Waals surface area contributed by atoms with Crippen LogP contribution in [0.2, 0.25) is 0 Å². The summed E-state index contributed by atoms with van der Waals surface area (Å²) in [4.78, 5) is 26.4. The van der Waals surface area contributed by atoms with E-state index in [1.165, 1.54) is 11.3 Å². The second-order valence-corrected chi connectivity index (χ2v) is 6.87. The van der Waals surface area contributed by atoms with E-state index in [1.807, 2.05) is 18.2 Å². The van der Waals surface area contributed by atoms with Crippen LogP contribution in [0, 0.1) is 0 Å². The summed E-state index contributed by atoms with van der Waals surface area (Å²) in [5.41, 5.74) is 6.78. The minimum Gasteiger partial charge on any atom is -0.378 e. The molecule has 1 aromatic heterocycles. The third-order valence-corrected chi connectivity index (χ3v) is 5.45. The Labute approximate surface area is 142 Å². The van der Waals surface area contributed by atoms with E-state index in [2.05, 4.69) is 4.90 Å². The Morgan fingerprint density at radius 3 is 2.58 bits per heavy atom. The summed E-state index contributed by atoms with van der Waals surface area (Å²) >= 11 is 1.50. The van der Waals surface area contributed by atoms with E-state index in [0.717, 1.165) is 28.2 Å². The lowest BCUT2D eigenvalue weighted by molar-refractivity contribution is 0.100. The molecule has 0 radical (unpaired) electrons. The Morgan fingerprint density at radius 2 is 1.83 bits per heavy atom. The van der Waals surface area contributed by atoms with Crippen LogP contribution >= 0.6 is 11.3 Å². The molecule has 2 aromatic carbocycles. The summed E-state index contributed by atoms with van der Waals surface area (Å²) in [7, 11) is 0. The molecule has 1 aliphatic heterocycles. The fourth-order valence-corrected chi connectivity index (χ4v) is 4.11. The van der Waals surface area contributed by atoms with Crippen molar-refractivity contribution in [2.75, 3.05) is 31.2 Å². The SMILES string of the molecule is NC(=O)c1ccc2c(=O)c3cc(N4CCOCC4)ccc3sc2c1. The summed E-state index contributed by atoms with van der Waals surface area (Å²) in [6.07, 6.45) is 0. The third-order valence-electron chi connectivity index (χ3n) is 4.31. The zero-order valence-electron chi connectivity index (χ0n) is 13.0. The Morgan fingerprint density at radius 1 is 1.04 bits per heavy atom. The molecule has 6 heteroatoms. The fourth-order valence-electron chi connectivity index (χ4n) is 3.01. The zero-order chi connectivity index (χ0) is 16.7. The van der Waals surface area contributed by atoms with Gasteiger partial charge in [0.05, 0.1) is 13.2 Å². The van der Waals surface area contributed by atoms with Crippen LogP contribution in [0.3, 0.4) is 0 Å². The molecule has 5 nitrogen and oxygen atoms in total. The van der Waals surface area contributed by atoms with Crippen molar-refractivity contribution in [3.8, 4) is 0 Å². The molecule has 0 saturated carbocycles. The van der Waals surface area contributed by atoms with Crippen molar-refractivity contribution in [1.29, 1.82) is 0 Å². The number of carbonyl (C=O) groups excluding carboxylic acids is 1. The topological polar surface area (TPSA) is 72.6 Å². The summed E-state index contributed by atoms with van der Waals surface area (Å²) in [6, 6.07) is 11.0. The van der Waals surface area contributed by atoms with E-state index in [4.69, 9.17) is 10.5 Å². The lowest BCUT2D eigenvalue weighted by Gasteiger charge is -2.29. The number of anilines is 1. The minimum absolute atomic E-state index is 0.00937. The van der Waals surface area contributed by atoms with Gasteiger partial charge in [-0.05, 0) is 36.4 Å². The Hall–Kier alpha value is -2.44. The largest absolute Gasteiger partial charge is 0.378 e. The number of nitrogens with zero attached hydrogens (tertiary/aromatic N) is 1. The molecular formula is C18H16N2O3S. The molecule has 3 aromatic rings. The van der Waals surface area contributed by atoms with E-state index in [0.29, 0.717) is 29.5 Å². The van der Waals surface area contributed by atoms with Crippen molar-refractivity contribution in [2.24, 2.45) is 5.73 Å². The lowest BCUT2D eigenvalue weighted by atomic mass is 10.1. The number of rotatable bonds is 2. The predicted molar refractivity (Wildman–Crippen MR) is 97.2 cm³/mol. The van der Waals surface area contributed by atoms with Gasteiger partial charge in [-0.25, -0.2) is 0 Å². The number of amides is 1. The van der Waals surface area contributed by atoms with Crippen LogP contribution < -0.4 is 16.1 Å². The Balaban J connectivity index is 1.89. The average Bonchev–Trinajstić information content (AvgIpc) is 2.62. The molecule has 1 aliphatic rings. The highest BCUT2D eigenvalue weighted by atomic mass is 32.1. The lowest BCUT2D eigenvalue weighted by Crippen LogP contribution is -2.36. The number of morpholine rings is 1. The zero-order valence-corrected chi connectivity index (χ0v) is 13.8.